The summed E-state index contributed by atoms with van der Waals surface area (Å²) in [4.78, 5) is 22.0. The Kier molecular flexibility index (Phi) is 6.00. The third-order valence-electron chi connectivity index (χ3n) is 5.92. The molecular formula is C22H29N5O. The molecule has 1 amide bonds. The van der Waals surface area contributed by atoms with Crippen molar-refractivity contribution in [1.29, 1.82) is 0 Å². The van der Waals surface area contributed by atoms with Gasteiger partial charge in [-0.05, 0) is 62.7 Å². The highest BCUT2D eigenvalue weighted by molar-refractivity contribution is 5.82. The summed E-state index contributed by atoms with van der Waals surface area (Å²) in [6.07, 6.45) is 6.41. The number of aromatic nitrogens is 1. The van der Waals surface area contributed by atoms with Crippen molar-refractivity contribution in [2.75, 3.05) is 20.1 Å². The highest BCUT2D eigenvalue weighted by atomic mass is 16.2. The molecule has 2 unspecified atom stereocenters. The van der Waals surface area contributed by atoms with Gasteiger partial charge in [-0.15, -0.1) is 0 Å². The van der Waals surface area contributed by atoms with Crippen molar-refractivity contribution < 1.29 is 4.79 Å². The lowest BCUT2D eigenvalue weighted by Crippen LogP contribution is -2.52. The van der Waals surface area contributed by atoms with Crippen LogP contribution in [-0.4, -0.2) is 52.9 Å². The first-order valence-electron chi connectivity index (χ1n) is 10.1. The van der Waals surface area contributed by atoms with Crippen LogP contribution in [0.1, 0.15) is 36.4 Å². The molecule has 0 bridgehead atoms. The molecule has 2 aliphatic heterocycles. The molecule has 2 fully saturated rings. The molecule has 2 aliphatic rings. The monoisotopic (exact) mass is 379 g/mol. The topological polar surface area (TPSA) is 60.5 Å². The van der Waals surface area contributed by atoms with Gasteiger partial charge in [0, 0.05) is 31.0 Å². The van der Waals surface area contributed by atoms with E-state index in [0.717, 1.165) is 37.9 Å². The van der Waals surface area contributed by atoms with E-state index in [-0.39, 0.29) is 24.0 Å². The SMILES string of the molecule is CN1CCC(N(Cc2ccncc2)C(=O)C2CC(c3ccccc3)NN2)CC1. The third kappa shape index (κ3) is 4.41. The van der Waals surface area contributed by atoms with E-state index in [1.165, 1.54) is 5.56 Å². The number of hydrazine groups is 1. The van der Waals surface area contributed by atoms with Gasteiger partial charge in [0.2, 0.25) is 5.91 Å². The van der Waals surface area contributed by atoms with E-state index in [2.05, 4.69) is 44.8 Å². The Labute approximate surface area is 166 Å². The lowest BCUT2D eigenvalue weighted by atomic mass is 9.98. The average molecular weight is 380 g/mol. The molecule has 2 atom stereocenters. The molecular weight excluding hydrogens is 350 g/mol. The van der Waals surface area contributed by atoms with Crippen LogP contribution < -0.4 is 10.9 Å². The van der Waals surface area contributed by atoms with Crippen molar-refractivity contribution in [1.82, 2.24) is 25.6 Å². The summed E-state index contributed by atoms with van der Waals surface area (Å²) in [5.41, 5.74) is 8.92. The van der Waals surface area contributed by atoms with Crippen LogP contribution >= 0.6 is 0 Å². The smallest absolute Gasteiger partial charge is 0.241 e. The van der Waals surface area contributed by atoms with Crippen molar-refractivity contribution in [3.05, 3.63) is 66.0 Å². The lowest BCUT2D eigenvalue weighted by Gasteiger charge is -2.38. The number of pyridine rings is 1. The highest BCUT2D eigenvalue weighted by Gasteiger charge is 2.36. The van der Waals surface area contributed by atoms with Crippen LogP contribution in [0.15, 0.2) is 54.9 Å². The Bertz CT molecular complexity index is 761. The minimum Gasteiger partial charge on any atom is -0.334 e. The van der Waals surface area contributed by atoms with Gasteiger partial charge in [0.15, 0.2) is 0 Å². The maximum atomic E-state index is 13.5. The molecule has 6 nitrogen and oxygen atoms in total. The second-order valence-corrected chi connectivity index (χ2v) is 7.90. The standard InChI is InChI=1S/C22H29N5O/c1-26-13-9-19(10-14-26)27(16-17-7-11-23-12-8-17)22(28)21-15-20(24-25-21)18-5-3-2-4-6-18/h2-8,11-12,19-21,24-25H,9-10,13-16H2,1H3. The van der Waals surface area contributed by atoms with Crippen LogP contribution in [0.4, 0.5) is 0 Å². The molecule has 0 saturated carbocycles. The van der Waals surface area contributed by atoms with E-state index in [0.29, 0.717) is 6.54 Å². The average Bonchev–Trinajstić information content (AvgIpc) is 3.24. The Hall–Kier alpha value is -2.28. The molecule has 6 heteroatoms. The summed E-state index contributed by atoms with van der Waals surface area (Å²) >= 11 is 0. The first-order valence-corrected chi connectivity index (χ1v) is 10.1. The van der Waals surface area contributed by atoms with Crippen molar-refractivity contribution in [3.63, 3.8) is 0 Å². The Morgan fingerprint density at radius 3 is 2.54 bits per heavy atom. The number of nitrogens with one attached hydrogen (secondary N) is 2. The van der Waals surface area contributed by atoms with Gasteiger partial charge in [-0.1, -0.05) is 30.3 Å². The largest absolute Gasteiger partial charge is 0.334 e. The maximum absolute atomic E-state index is 13.5. The molecule has 2 N–H and O–H groups in total. The van der Waals surface area contributed by atoms with Crippen molar-refractivity contribution in [2.45, 2.75) is 43.9 Å². The summed E-state index contributed by atoms with van der Waals surface area (Å²) < 4.78 is 0. The Morgan fingerprint density at radius 2 is 1.82 bits per heavy atom. The number of carbonyl (C=O) groups is 1. The molecule has 0 aliphatic carbocycles. The number of carbonyl (C=O) groups excluding carboxylic acids is 1. The summed E-state index contributed by atoms with van der Waals surface area (Å²) in [6, 6.07) is 14.6. The normalized spacial score (nSPS) is 23.6. The van der Waals surface area contributed by atoms with E-state index in [9.17, 15) is 4.79 Å². The van der Waals surface area contributed by atoms with E-state index in [4.69, 9.17) is 0 Å². The van der Waals surface area contributed by atoms with E-state index in [1.54, 1.807) is 12.4 Å². The first-order chi connectivity index (χ1) is 13.7. The predicted octanol–water partition coefficient (Wildman–Crippen LogP) is 2.11. The van der Waals surface area contributed by atoms with Gasteiger partial charge in [0.25, 0.3) is 0 Å². The molecule has 3 heterocycles. The van der Waals surface area contributed by atoms with Crippen LogP contribution in [0.2, 0.25) is 0 Å². The second kappa shape index (κ2) is 8.82. The quantitative estimate of drug-likeness (QED) is 0.833. The number of hydrogen-bond acceptors (Lipinski definition) is 5. The molecule has 2 aromatic rings. The third-order valence-corrected chi connectivity index (χ3v) is 5.92. The lowest BCUT2D eigenvalue weighted by molar-refractivity contribution is -0.137. The number of hydrogen-bond donors (Lipinski definition) is 2. The summed E-state index contributed by atoms with van der Waals surface area (Å²) in [5.74, 6) is 0.192. The number of rotatable bonds is 5. The number of benzene rings is 1. The summed E-state index contributed by atoms with van der Waals surface area (Å²) in [5, 5.41) is 0. The molecule has 28 heavy (non-hydrogen) atoms. The predicted molar refractivity (Wildman–Crippen MR) is 109 cm³/mol. The Morgan fingerprint density at radius 1 is 1.11 bits per heavy atom. The molecule has 1 aromatic carbocycles. The van der Waals surface area contributed by atoms with Crippen LogP contribution in [0.5, 0.6) is 0 Å². The summed E-state index contributed by atoms with van der Waals surface area (Å²) in [6.45, 7) is 2.71. The van der Waals surface area contributed by atoms with Crippen LogP contribution in [0.3, 0.4) is 0 Å². The fraction of sp³-hybridized carbons (Fsp3) is 0.455. The summed E-state index contributed by atoms with van der Waals surface area (Å²) in [7, 11) is 2.15. The van der Waals surface area contributed by atoms with Gasteiger partial charge in [0.05, 0.1) is 0 Å². The maximum Gasteiger partial charge on any atom is 0.241 e. The fourth-order valence-corrected chi connectivity index (χ4v) is 4.20. The number of nitrogens with zero attached hydrogens (tertiary/aromatic N) is 3. The molecule has 148 valence electrons. The van der Waals surface area contributed by atoms with Gasteiger partial charge < -0.3 is 9.80 Å². The first kappa shape index (κ1) is 19.1. The van der Waals surface area contributed by atoms with Crippen LogP contribution in [-0.2, 0) is 11.3 Å². The Balaban J connectivity index is 1.48. The fourth-order valence-electron chi connectivity index (χ4n) is 4.20. The van der Waals surface area contributed by atoms with Gasteiger partial charge in [0.1, 0.15) is 6.04 Å². The van der Waals surface area contributed by atoms with Gasteiger partial charge in [-0.2, -0.15) is 0 Å². The van der Waals surface area contributed by atoms with Crippen molar-refractivity contribution in [2.24, 2.45) is 0 Å². The van der Waals surface area contributed by atoms with Crippen molar-refractivity contribution in [3.8, 4) is 0 Å². The number of likely N-dealkylation sites (tertiary alicyclic amines) is 1. The van der Waals surface area contributed by atoms with Crippen LogP contribution in [0, 0.1) is 0 Å². The zero-order valence-electron chi connectivity index (χ0n) is 16.4. The second-order valence-electron chi connectivity index (χ2n) is 7.90. The molecule has 0 radical (unpaired) electrons. The zero-order chi connectivity index (χ0) is 19.3. The molecule has 2 saturated heterocycles. The highest BCUT2D eigenvalue weighted by Crippen LogP contribution is 2.25. The number of piperidine rings is 1. The minimum atomic E-state index is -0.202. The zero-order valence-corrected chi connectivity index (χ0v) is 16.4. The number of amides is 1. The van der Waals surface area contributed by atoms with Gasteiger partial charge in [-0.3, -0.25) is 9.78 Å². The van der Waals surface area contributed by atoms with E-state index >= 15 is 0 Å². The molecule has 1 aromatic heterocycles. The van der Waals surface area contributed by atoms with Gasteiger partial charge >= 0.3 is 0 Å². The minimum absolute atomic E-state index is 0.162. The molecule has 0 spiro atoms. The van der Waals surface area contributed by atoms with Crippen molar-refractivity contribution >= 4 is 5.91 Å². The van der Waals surface area contributed by atoms with E-state index in [1.807, 2.05) is 30.3 Å². The van der Waals surface area contributed by atoms with Gasteiger partial charge in [-0.25, -0.2) is 10.9 Å². The van der Waals surface area contributed by atoms with E-state index < -0.39 is 0 Å². The van der Waals surface area contributed by atoms with Crippen LogP contribution in [0.25, 0.3) is 0 Å². The molecule has 4 rings (SSSR count).